The lowest BCUT2D eigenvalue weighted by atomic mass is 9.88. The van der Waals surface area contributed by atoms with Gasteiger partial charge in [0.1, 0.15) is 11.6 Å². The molecule has 0 N–H and O–H groups in total. The average molecular weight is 182 g/mol. The summed E-state index contributed by atoms with van der Waals surface area (Å²) in [5, 5.41) is 0. The topological polar surface area (TPSA) is 34.1 Å². The molecule has 0 bridgehead atoms. The van der Waals surface area contributed by atoms with Crippen molar-refractivity contribution < 1.29 is 9.59 Å². The van der Waals surface area contributed by atoms with Crippen molar-refractivity contribution in [1.29, 1.82) is 0 Å². The third-order valence-electron chi connectivity index (χ3n) is 3.04. The van der Waals surface area contributed by atoms with Gasteiger partial charge in [-0.25, -0.2) is 0 Å². The van der Waals surface area contributed by atoms with Crippen LogP contribution in [0.1, 0.15) is 46.0 Å². The maximum absolute atomic E-state index is 11.8. The molecule has 0 amide bonds. The van der Waals surface area contributed by atoms with Gasteiger partial charge in [-0.1, -0.05) is 13.8 Å². The maximum Gasteiger partial charge on any atom is 0.139 e. The van der Waals surface area contributed by atoms with Gasteiger partial charge in [0, 0.05) is 24.7 Å². The molecule has 2 nitrogen and oxygen atoms in total. The summed E-state index contributed by atoms with van der Waals surface area (Å²) in [6.45, 7) is 4.09. The molecule has 1 unspecified atom stereocenters. The van der Waals surface area contributed by atoms with Crippen molar-refractivity contribution >= 4 is 11.6 Å². The predicted molar refractivity (Wildman–Crippen MR) is 51.4 cm³/mol. The van der Waals surface area contributed by atoms with Crippen LogP contribution in [0.4, 0.5) is 0 Å². The summed E-state index contributed by atoms with van der Waals surface area (Å²) in [5.74, 6) is 0.841. The van der Waals surface area contributed by atoms with Crippen LogP contribution in [0.2, 0.25) is 0 Å². The number of carbonyl (C=O) groups is 2. The summed E-state index contributed by atoms with van der Waals surface area (Å²) in [7, 11) is 0. The van der Waals surface area contributed by atoms with Crippen LogP contribution in [0.5, 0.6) is 0 Å². The molecule has 1 saturated carbocycles. The fraction of sp³-hybridized carbons (Fsp3) is 0.818. The van der Waals surface area contributed by atoms with E-state index in [4.69, 9.17) is 0 Å². The van der Waals surface area contributed by atoms with Gasteiger partial charge in [-0.3, -0.25) is 9.59 Å². The Kier molecular flexibility index (Phi) is 3.64. The SMILES string of the molecule is CCC(CC)C(=O)C1CCC(=O)C1. The standard InChI is InChI=1S/C11H18O2/c1-3-8(4-2)11(13)9-5-6-10(12)7-9/h8-9H,3-7H2,1-2H3. The second-order valence-electron chi connectivity index (χ2n) is 3.89. The van der Waals surface area contributed by atoms with Gasteiger partial charge >= 0.3 is 0 Å². The molecule has 74 valence electrons. The zero-order valence-corrected chi connectivity index (χ0v) is 8.51. The van der Waals surface area contributed by atoms with Gasteiger partial charge in [-0.05, 0) is 19.3 Å². The molecule has 0 heterocycles. The number of Topliss-reactive ketones (excluding diaryl/α,β-unsaturated/α-hetero) is 2. The lowest BCUT2D eigenvalue weighted by molar-refractivity contribution is -0.128. The lowest BCUT2D eigenvalue weighted by Crippen LogP contribution is -2.21. The minimum absolute atomic E-state index is 0.0531. The van der Waals surface area contributed by atoms with Crippen molar-refractivity contribution in [3.63, 3.8) is 0 Å². The van der Waals surface area contributed by atoms with E-state index in [0.29, 0.717) is 18.6 Å². The first-order chi connectivity index (χ1) is 6.19. The van der Waals surface area contributed by atoms with Crippen molar-refractivity contribution in [2.75, 3.05) is 0 Å². The Morgan fingerprint density at radius 1 is 1.46 bits per heavy atom. The third kappa shape index (κ3) is 2.39. The molecular weight excluding hydrogens is 164 g/mol. The first-order valence-corrected chi connectivity index (χ1v) is 5.24. The summed E-state index contributed by atoms with van der Waals surface area (Å²) < 4.78 is 0. The number of rotatable bonds is 4. The molecule has 0 aromatic heterocycles. The Balaban J connectivity index is 2.51. The zero-order valence-electron chi connectivity index (χ0n) is 8.51. The zero-order chi connectivity index (χ0) is 9.84. The van der Waals surface area contributed by atoms with E-state index in [1.807, 2.05) is 13.8 Å². The molecule has 0 aliphatic heterocycles. The van der Waals surface area contributed by atoms with Gasteiger partial charge in [0.15, 0.2) is 0 Å². The summed E-state index contributed by atoms with van der Waals surface area (Å²) in [6.07, 6.45) is 3.76. The van der Waals surface area contributed by atoms with Gasteiger partial charge in [0.05, 0.1) is 0 Å². The van der Waals surface area contributed by atoms with Crippen LogP contribution in [-0.2, 0) is 9.59 Å². The summed E-state index contributed by atoms with van der Waals surface area (Å²) in [4.78, 5) is 22.8. The molecule has 1 aliphatic carbocycles. The molecule has 0 aromatic carbocycles. The number of hydrogen-bond acceptors (Lipinski definition) is 2. The smallest absolute Gasteiger partial charge is 0.139 e. The fourth-order valence-corrected chi connectivity index (χ4v) is 2.08. The molecule has 1 aliphatic rings. The fourth-order valence-electron chi connectivity index (χ4n) is 2.08. The maximum atomic E-state index is 11.8. The first kappa shape index (κ1) is 10.4. The Hall–Kier alpha value is -0.660. The van der Waals surface area contributed by atoms with E-state index in [9.17, 15) is 9.59 Å². The van der Waals surface area contributed by atoms with E-state index >= 15 is 0 Å². The van der Waals surface area contributed by atoms with Crippen molar-refractivity contribution in [1.82, 2.24) is 0 Å². The summed E-state index contributed by atoms with van der Waals surface area (Å²) in [6, 6.07) is 0. The molecule has 0 radical (unpaired) electrons. The molecule has 1 atom stereocenters. The highest BCUT2D eigenvalue weighted by Crippen LogP contribution is 2.27. The summed E-state index contributed by atoms with van der Waals surface area (Å²) >= 11 is 0. The number of hydrogen-bond donors (Lipinski definition) is 0. The van der Waals surface area contributed by atoms with Crippen LogP contribution in [0.15, 0.2) is 0 Å². The van der Waals surface area contributed by atoms with E-state index in [2.05, 4.69) is 0 Å². The monoisotopic (exact) mass is 182 g/mol. The van der Waals surface area contributed by atoms with Gasteiger partial charge in [-0.2, -0.15) is 0 Å². The molecule has 2 heteroatoms. The molecule has 0 aromatic rings. The second kappa shape index (κ2) is 4.54. The number of ketones is 2. The third-order valence-corrected chi connectivity index (χ3v) is 3.04. The Morgan fingerprint density at radius 2 is 2.08 bits per heavy atom. The van der Waals surface area contributed by atoms with Crippen LogP contribution in [-0.4, -0.2) is 11.6 Å². The second-order valence-corrected chi connectivity index (χ2v) is 3.89. The van der Waals surface area contributed by atoms with Gasteiger partial charge in [0.25, 0.3) is 0 Å². The minimum Gasteiger partial charge on any atom is -0.300 e. The average Bonchev–Trinajstić information content (AvgIpc) is 2.54. The van der Waals surface area contributed by atoms with E-state index in [1.54, 1.807) is 0 Å². The van der Waals surface area contributed by atoms with Crippen molar-refractivity contribution in [2.45, 2.75) is 46.0 Å². The van der Waals surface area contributed by atoms with Crippen molar-refractivity contribution in [3.05, 3.63) is 0 Å². The van der Waals surface area contributed by atoms with Crippen molar-refractivity contribution in [2.24, 2.45) is 11.8 Å². The van der Waals surface area contributed by atoms with Gasteiger partial charge in [0.2, 0.25) is 0 Å². The van der Waals surface area contributed by atoms with Crippen LogP contribution in [0, 0.1) is 11.8 Å². The molecule has 1 rings (SSSR count). The Bertz CT molecular complexity index is 204. The quantitative estimate of drug-likeness (QED) is 0.668. The van der Waals surface area contributed by atoms with Crippen molar-refractivity contribution in [3.8, 4) is 0 Å². The molecule has 0 spiro atoms. The summed E-state index contributed by atoms with van der Waals surface area (Å²) in [5.41, 5.74) is 0. The molecule has 1 fully saturated rings. The molecular formula is C11H18O2. The largest absolute Gasteiger partial charge is 0.300 e. The normalized spacial score (nSPS) is 22.7. The van der Waals surface area contributed by atoms with E-state index in [0.717, 1.165) is 19.3 Å². The van der Waals surface area contributed by atoms with E-state index < -0.39 is 0 Å². The van der Waals surface area contributed by atoms with E-state index in [-0.39, 0.29) is 17.6 Å². The molecule has 13 heavy (non-hydrogen) atoms. The minimum atomic E-state index is 0.0531. The highest BCUT2D eigenvalue weighted by Gasteiger charge is 2.31. The van der Waals surface area contributed by atoms with E-state index in [1.165, 1.54) is 0 Å². The highest BCUT2D eigenvalue weighted by molar-refractivity contribution is 5.92. The van der Waals surface area contributed by atoms with Crippen LogP contribution < -0.4 is 0 Å². The van der Waals surface area contributed by atoms with Crippen LogP contribution in [0.25, 0.3) is 0 Å². The lowest BCUT2D eigenvalue weighted by Gasteiger charge is -2.14. The molecule has 0 saturated heterocycles. The van der Waals surface area contributed by atoms with Gasteiger partial charge < -0.3 is 0 Å². The Labute approximate surface area is 79.7 Å². The van der Waals surface area contributed by atoms with Gasteiger partial charge in [-0.15, -0.1) is 0 Å². The predicted octanol–water partition coefficient (Wildman–Crippen LogP) is 2.36. The highest BCUT2D eigenvalue weighted by atomic mass is 16.1. The number of carbonyl (C=O) groups excluding carboxylic acids is 2. The Morgan fingerprint density at radius 3 is 2.46 bits per heavy atom. The van der Waals surface area contributed by atoms with Crippen LogP contribution >= 0.6 is 0 Å². The van der Waals surface area contributed by atoms with Crippen LogP contribution in [0.3, 0.4) is 0 Å². The first-order valence-electron chi connectivity index (χ1n) is 5.24.